The predicted molar refractivity (Wildman–Crippen MR) is 298 cm³/mol. The molecule has 2 atom stereocenters. The molecule has 0 aliphatic heterocycles. The maximum atomic E-state index is 12.7. The van der Waals surface area contributed by atoms with E-state index in [0.29, 0.717) is 6.42 Å². The van der Waals surface area contributed by atoms with E-state index in [4.69, 9.17) is 24.3 Å². The third kappa shape index (κ3) is 56.3. The largest absolute Gasteiger partial charge is 0.472 e. The topological polar surface area (TPSA) is 134 Å². The van der Waals surface area contributed by atoms with E-state index < -0.39 is 26.5 Å². The van der Waals surface area contributed by atoms with E-state index in [1.54, 1.807) is 0 Å². The van der Waals surface area contributed by atoms with Gasteiger partial charge in [-0.3, -0.25) is 18.6 Å². The van der Waals surface area contributed by atoms with Gasteiger partial charge in [-0.1, -0.05) is 316 Å². The van der Waals surface area contributed by atoms with E-state index in [9.17, 15) is 19.0 Å². The van der Waals surface area contributed by atoms with Gasteiger partial charge in [0.05, 0.1) is 13.2 Å². The number of carbonyl (C=O) groups excluding carboxylic acids is 2. The second-order valence-electron chi connectivity index (χ2n) is 21.3. The molecule has 0 rings (SSSR count). The molecule has 0 saturated heterocycles. The molecule has 0 bridgehead atoms. The number of carbonyl (C=O) groups is 2. The Morgan fingerprint density at radius 1 is 0.371 bits per heavy atom. The summed E-state index contributed by atoms with van der Waals surface area (Å²) < 4.78 is 33.1. The molecule has 70 heavy (non-hydrogen) atoms. The molecule has 0 aliphatic rings. The fourth-order valence-corrected chi connectivity index (χ4v) is 10.4. The van der Waals surface area contributed by atoms with Crippen molar-refractivity contribution < 1.29 is 37.6 Å². The number of hydrogen-bond donors (Lipinski definition) is 2. The van der Waals surface area contributed by atoms with Crippen LogP contribution >= 0.6 is 7.82 Å². The van der Waals surface area contributed by atoms with Crippen LogP contribution in [0.25, 0.3) is 0 Å². The van der Waals surface area contributed by atoms with Crippen molar-refractivity contribution in [3.05, 3.63) is 0 Å². The Balaban J connectivity index is 3.84. The molecule has 0 spiro atoms. The number of esters is 2. The quantitative estimate of drug-likeness (QED) is 0.0347. The zero-order valence-electron chi connectivity index (χ0n) is 46.8. The van der Waals surface area contributed by atoms with Crippen LogP contribution in [0, 0.1) is 0 Å². The van der Waals surface area contributed by atoms with Crippen molar-refractivity contribution in [2.75, 3.05) is 26.4 Å². The Morgan fingerprint density at radius 3 is 0.871 bits per heavy atom. The van der Waals surface area contributed by atoms with Crippen molar-refractivity contribution in [1.82, 2.24) is 0 Å². The second-order valence-corrected chi connectivity index (χ2v) is 22.8. The van der Waals surface area contributed by atoms with E-state index in [2.05, 4.69) is 13.8 Å². The van der Waals surface area contributed by atoms with E-state index in [-0.39, 0.29) is 38.6 Å². The standard InChI is InChI=1S/C60H120NO8P/c1-3-5-7-9-11-13-15-17-19-21-23-24-25-26-27-28-29-30-31-32-33-35-37-39-41-43-45-47-49-51-53-60(63)69-58(57-68-70(64,65)67-55-54-61)56-66-59(62)52-50-48-46-44-42-40-38-36-34-22-20-18-16-14-12-10-8-6-4-2/h58H,3-57,61H2,1-2H3,(H,64,65). The molecule has 418 valence electrons. The van der Waals surface area contributed by atoms with Crippen LogP contribution in [0.4, 0.5) is 0 Å². The molecule has 10 heteroatoms. The second kappa shape index (κ2) is 57.3. The van der Waals surface area contributed by atoms with Gasteiger partial charge in [-0.15, -0.1) is 0 Å². The number of hydrogen-bond acceptors (Lipinski definition) is 8. The minimum Gasteiger partial charge on any atom is -0.462 e. The fourth-order valence-electron chi connectivity index (χ4n) is 9.64. The summed E-state index contributed by atoms with van der Waals surface area (Å²) >= 11 is 0. The molecule has 0 aromatic carbocycles. The molecule has 0 saturated carbocycles. The smallest absolute Gasteiger partial charge is 0.462 e. The van der Waals surface area contributed by atoms with Gasteiger partial charge in [-0.05, 0) is 12.8 Å². The van der Waals surface area contributed by atoms with E-state index in [1.165, 1.54) is 276 Å². The van der Waals surface area contributed by atoms with Crippen LogP contribution in [0.3, 0.4) is 0 Å². The van der Waals surface area contributed by atoms with Gasteiger partial charge >= 0.3 is 19.8 Å². The van der Waals surface area contributed by atoms with Crippen LogP contribution in [0.5, 0.6) is 0 Å². The average Bonchev–Trinajstić information content (AvgIpc) is 3.35. The molecule has 0 aromatic heterocycles. The van der Waals surface area contributed by atoms with Crippen molar-refractivity contribution in [3.8, 4) is 0 Å². The number of phosphoric ester groups is 1. The molecular formula is C60H120NO8P. The summed E-state index contributed by atoms with van der Waals surface area (Å²) in [6, 6.07) is 0. The first-order valence-corrected chi connectivity index (χ1v) is 32.5. The highest BCUT2D eigenvalue weighted by atomic mass is 31.2. The molecule has 3 N–H and O–H groups in total. The summed E-state index contributed by atoms with van der Waals surface area (Å²) in [4.78, 5) is 35.2. The van der Waals surface area contributed by atoms with Gasteiger partial charge in [0.1, 0.15) is 6.61 Å². The zero-order chi connectivity index (χ0) is 51.0. The summed E-state index contributed by atoms with van der Waals surface area (Å²) in [5.74, 6) is -0.801. The molecule has 0 amide bonds. The minimum atomic E-state index is -4.38. The zero-order valence-corrected chi connectivity index (χ0v) is 47.7. The Labute approximate surface area is 435 Å². The Bertz CT molecular complexity index is 1110. The van der Waals surface area contributed by atoms with E-state index in [0.717, 1.165) is 32.1 Å². The molecule has 0 fully saturated rings. The van der Waals surface area contributed by atoms with Crippen molar-refractivity contribution in [1.29, 1.82) is 0 Å². The van der Waals surface area contributed by atoms with Crippen LogP contribution in [0.15, 0.2) is 0 Å². The highest BCUT2D eigenvalue weighted by molar-refractivity contribution is 7.47. The van der Waals surface area contributed by atoms with E-state index >= 15 is 0 Å². The molecule has 0 aromatic rings. The highest BCUT2D eigenvalue weighted by Gasteiger charge is 2.26. The van der Waals surface area contributed by atoms with Crippen molar-refractivity contribution in [3.63, 3.8) is 0 Å². The van der Waals surface area contributed by atoms with Gasteiger partial charge in [0.2, 0.25) is 0 Å². The van der Waals surface area contributed by atoms with Crippen LogP contribution in [-0.4, -0.2) is 49.3 Å². The SMILES string of the molecule is CCCCCCCCCCCCCCCCCCCCCCCCCCCCCCCCC(=O)OC(COC(=O)CCCCCCCCCCCCCCCCCCCCC)COP(=O)(O)OCCN. The first-order chi connectivity index (χ1) is 34.3. The number of rotatable bonds is 60. The average molecular weight is 1010 g/mol. The number of phosphoric acid groups is 1. The van der Waals surface area contributed by atoms with Crippen molar-refractivity contribution in [2.24, 2.45) is 5.73 Å². The number of ether oxygens (including phenoxy) is 2. The maximum Gasteiger partial charge on any atom is 0.472 e. The van der Waals surface area contributed by atoms with Crippen molar-refractivity contribution in [2.45, 2.75) is 347 Å². The first-order valence-electron chi connectivity index (χ1n) is 31.0. The summed E-state index contributed by atoms with van der Waals surface area (Å²) in [7, 11) is -4.38. The van der Waals surface area contributed by atoms with Crippen LogP contribution < -0.4 is 5.73 Å². The van der Waals surface area contributed by atoms with Crippen LogP contribution in [0.2, 0.25) is 0 Å². The Kier molecular flexibility index (Phi) is 56.5. The third-order valence-corrected chi connectivity index (χ3v) is 15.2. The maximum absolute atomic E-state index is 12.7. The van der Waals surface area contributed by atoms with Crippen molar-refractivity contribution >= 4 is 19.8 Å². The lowest BCUT2D eigenvalue weighted by Crippen LogP contribution is -2.29. The molecule has 0 aliphatic carbocycles. The monoisotopic (exact) mass is 1010 g/mol. The lowest BCUT2D eigenvalue weighted by atomic mass is 10.0. The van der Waals surface area contributed by atoms with Gasteiger partial charge in [-0.2, -0.15) is 0 Å². The van der Waals surface area contributed by atoms with Crippen LogP contribution in [0.1, 0.15) is 341 Å². The van der Waals surface area contributed by atoms with E-state index in [1.807, 2.05) is 0 Å². The fraction of sp³-hybridized carbons (Fsp3) is 0.967. The lowest BCUT2D eigenvalue weighted by Gasteiger charge is -2.19. The molecule has 0 heterocycles. The summed E-state index contributed by atoms with van der Waals surface area (Å²) in [5.41, 5.74) is 5.39. The van der Waals surface area contributed by atoms with Gasteiger partial charge in [0, 0.05) is 19.4 Å². The molecule has 2 unspecified atom stereocenters. The van der Waals surface area contributed by atoms with Crippen LogP contribution in [-0.2, 0) is 32.7 Å². The Hall–Kier alpha value is -0.990. The lowest BCUT2D eigenvalue weighted by molar-refractivity contribution is -0.161. The number of nitrogens with two attached hydrogens (primary N) is 1. The summed E-state index contributed by atoms with van der Waals surface area (Å²) in [6.07, 6.45) is 64.7. The number of unbranched alkanes of at least 4 members (excludes halogenated alkanes) is 47. The van der Waals surface area contributed by atoms with Gasteiger partial charge in [0.25, 0.3) is 0 Å². The highest BCUT2D eigenvalue weighted by Crippen LogP contribution is 2.43. The molecule has 0 radical (unpaired) electrons. The molecular weight excluding hydrogens is 894 g/mol. The first kappa shape index (κ1) is 69.0. The van der Waals surface area contributed by atoms with Gasteiger partial charge in [-0.25, -0.2) is 4.57 Å². The molecule has 9 nitrogen and oxygen atoms in total. The summed E-state index contributed by atoms with van der Waals surface area (Å²) in [5, 5.41) is 0. The third-order valence-electron chi connectivity index (χ3n) is 14.2. The van der Waals surface area contributed by atoms with Gasteiger partial charge in [0.15, 0.2) is 6.10 Å². The minimum absolute atomic E-state index is 0.0586. The predicted octanol–water partition coefficient (Wildman–Crippen LogP) is 19.5. The normalized spacial score (nSPS) is 12.9. The summed E-state index contributed by atoms with van der Waals surface area (Å²) in [6.45, 7) is 3.83. The van der Waals surface area contributed by atoms with Gasteiger partial charge < -0.3 is 20.1 Å². The Morgan fingerprint density at radius 2 is 0.614 bits per heavy atom.